The van der Waals surface area contributed by atoms with Crippen LogP contribution >= 0.6 is 15.9 Å². The zero-order chi connectivity index (χ0) is 15.1. The summed E-state index contributed by atoms with van der Waals surface area (Å²) in [7, 11) is 0. The van der Waals surface area contributed by atoms with Crippen LogP contribution in [0.15, 0.2) is 45.5 Å². The second-order valence-corrected chi connectivity index (χ2v) is 6.43. The summed E-state index contributed by atoms with van der Waals surface area (Å²) in [5.41, 5.74) is 2.32. The van der Waals surface area contributed by atoms with Crippen LogP contribution in [0.2, 0.25) is 0 Å². The van der Waals surface area contributed by atoms with Crippen LogP contribution in [0.25, 0.3) is 0 Å². The molecule has 0 aliphatic carbocycles. The predicted molar refractivity (Wildman–Crippen MR) is 87.9 cm³/mol. The first-order chi connectivity index (χ1) is 10.1. The molecule has 0 bridgehead atoms. The zero-order valence-corrected chi connectivity index (χ0v) is 14.2. The fourth-order valence-electron chi connectivity index (χ4n) is 2.03. The van der Waals surface area contributed by atoms with Gasteiger partial charge in [0, 0.05) is 16.6 Å². The van der Waals surface area contributed by atoms with E-state index in [9.17, 15) is 0 Å². The van der Waals surface area contributed by atoms with Gasteiger partial charge in [-0.3, -0.25) is 0 Å². The van der Waals surface area contributed by atoms with E-state index in [1.165, 1.54) is 5.56 Å². The number of nitrogens with one attached hydrogen (secondary N) is 1. The number of hydrogen-bond donors (Lipinski definition) is 1. The Labute approximate surface area is 134 Å². The summed E-state index contributed by atoms with van der Waals surface area (Å²) in [5.74, 6) is 1.55. The van der Waals surface area contributed by atoms with Crippen LogP contribution in [0.1, 0.15) is 30.7 Å². The van der Waals surface area contributed by atoms with E-state index in [-0.39, 0.29) is 0 Å². The highest BCUT2D eigenvalue weighted by Gasteiger charge is 2.07. The maximum Gasteiger partial charge on any atom is 0.133 e. The molecule has 0 atom stereocenters. The number of rotatable bonds is 8. The maximum atomic E-state index is 5.74. The van der Waals surface area contributed by atoms with Gasteiger partial charge in [0.1, 0.15) is 12.4 Å². The number of ether oxygens (including phenoxy) is 1. The summed E-state index contributed by atoms with van der Waals surface area (Å²) < 4.78 is 12.3. The van der Waals surface area contributed by atoms with Gasteiger partial charge < -0.3 is 14.5 Å². The Morgan fingerprint density at radius 2 is 2.10 bits per heavy atom. The zero-order valence-electron chi connectivity index (χ0n) is 12.6. The molecule has 0 aliphatic heterocycles. The number of halogens is 1. The molecule has 4 heteroatoms. The highest BCUT2D eigenvalue weighted by atomic mass is 79.9. The van der Waals surface area contributed by atoms with Gasteiger partial charge in [0.05, 0.1) is 12.9 Å². The highest BCUT2D eigenvalue weighted by molar-refractivity contribution is 9.10. The molecular formula is C17H22BrNO2. The molecule has 0 spiro atoms. The summed E-state index contributed by atoms with van der Waals surface area (Å²) >= 11 is 3.46. The first-order valence-electron chi connectivity index (χ1n) is 7.23. The van der Waals surface area contributed by atoms with E-state index in [0.717, 1.165) is 28.9 Å². The van der Waals surface area contributed by atoms with Crippen molar-refractivity contribution in [2.75, 3.05) is 6.54 Å². The monoisotopic (exact) mass is 351 g/mol. The quantitative estimate of drug-likeness (QED) is 0.759. The lowest BCUT2D eigenvalue weighted by Crippen LogP contribution is -2.19. The summed E-state index contributed by atoms with van der Waals surface area (Å²) in [6.07, 6.45) is 1.73. The molecule has 0 fully saturated rings. The van der Waals surface area contributed by atoms with Crippen LogP contribution in [0.3, 0.4) is 0 Å². The first-order valence-corrected chi connectivity index (χ1v) is 8.02. The largest absolute Gasteiger partial charge is 0.467 e. The lowest BCUT2D eigenvalue weighted by atomic mass is 10.2. The fourth-order valence-corrected chi connectivity index (χ4v) is 2.48. The Morgan fingerprint density at radius 1 is 1.24 bits per heavy atom. The SMILES string of the molecule is CC(C)CNCc1ccoc1COCc1cccc(Br)c1. The molecule has 1 aromatic heterocycles. The molecule has 1 aromatic carbocycles. The van der Waals surface area contributed by atoms with Crippen molar-refractivity contribution in [1.29, 1.82) is 0 Å². The molecule has 0 radical (unpaired) electrons. The summed E-state index contributed by atoms with van der Waals surface area (Å²) in [6, 6.07) is 10.1. The van der Waals surface area contributed by atoms with Crippen molar-refractivity contribution in [2.24, 2.45) is 5.92 Å². The second kappa shape index (κ2) is 8.37. The van der Waals surface area contributed by atoms with Gasteiger partial charge >= 0.3 is 0 Å². The van der Waals surface area contributed by atoms with Gasteiger partial charge in [-0.15, -0.1) is 0 Å². The molecule has 3 nitrogen and oxygen atoms in total. The summed E-state index contributed by atoms with van der Waals surface area (Å²) in [5, 5.41) is 3.42. The van der Waals surface area contributed by atoms with Crippen molar-refractivity contribution >= 4 is 15.9 Å². The molecule has 1 heterocycles. The molecule has 1 N–H and O–H groups in total. The van der Waals surface area contributed by atoms with Crippen molar-refractivity contribution in [3.05, 3.63) is 58.0 Å². The van der Waals surface area contributed by atoms with Gasteiger partial charge in [-0.25, -0.2) is 0 Å². The minimum absolute atomic E-state index is 0.498. The van der Waals surface area contributed by atoms with Crippen molar-refractivity contribution in [2.45, 2.75) is 33.6 Å². The molecule has 114 valence electrons. The Kier molecular flexibility index (Phi) is 6.49. The average Bonchev–Trinajstić information content (AvgIpc) is 2.86. The molecule has 0 saturated carbocycles. The Bertz CT molecular complexity index is 551. The van der Waals surface area contributed by atoms with E-state index >= 15 is 0 Å². The topological polar surface area (TPSA) is 34.4 Å². The average molecular weight is 352 g/mol. The molecule has 0 unspecified atom stereocenters. The Balaban J connectivity index is 1.79. The molecule has 2 rings (SSSR count). The van der Waals surface area contributed by atoms with Gasteiger partial charge in [-0.05, 0) is 36.2 Å². The molecule has 0 amide bonds. The molecule has 21 heavy (non-hydrogen) atoms. The van der Waals surface area contributed by atoms with E-state index in [1.807, 2.05) is 18.2 Å². The lowest BCUT2D eigenvalue weighted by molar-refractivity contribution is 0.0921. The van der Waals surface area contributed by atoms with E-state index in [4.69, 9.17) is 9.15 Å². The Morgan fingerprint density at radius 3 is 2.86 bits per heavy atom. The van der Waals surface area contributed by atoms with Crippen molar-refractivity contribution in [1.82, 2.24) is 5.32 Å². The normalized spacial score (nSPS) is 11.2. The van der Waals surface area contributed by atoms with E-state index in [2.05, 4.69) is 47.2 Å². The van der Waals surface area contributed by atoms with Crippen LogP contribution < -0.4 is 5.32 Å². The third-order valence-electron chi connectivity index (χ3n) is 3.10. The van der Waals surface area contributed by atoms with Crippen LogP contribution in [-0.2, 0) is 24.5 Å². The number of benzene rings is 1. The van der Waals surface area contributed by atoms with E-state index in [0.29, 0.717) is 19.1 Å². The third-order valence-corrected chi connectivity index (χ3v) is 3.59. The van der Waals surface area contributed by atoms with Crippen LogP contribution in [0.4, 0.5) is 0 Å². The molecule has 0 saturated heterocycles. The van der Waals surface area contributed by atoms with Gasteiger partial charge in [-0.1, -0.05) is 41.9 Å². The van der Waals surface area contributed by atoms with Gasteiger partial charge in [0.2, 0.25) is 0 Å². The summed E-state index contributed by atoms with van der Waals surface area (Å²) in [4.78, 5) is 0. The minimum atomic E-state index is 0.498. The fraction of sp³-hybridized carbons (Fsp3) is 0.412. The smallest absolute Gasteiger partial charge is 0.133 e. The summed E-state index contributed by atoms with van der Waals surface area (Å²) in [6.45, 7) is 7.31. The van der Waals surface area contributed by atoms with E-state index in [1.54, 1.807) is 6.26 Å². The van der Waals surface area contributed by atoms with Crippen LogP contribution in [0.5, 0.6) is 0 Å². The van der Waals surface area contributed by atoms with E-state index < -0.39 is 0 Å². The molecule has 2 aromatic rings. The van der Waals surface area contributed by atoms with Crippen LogP contribution in [0, 0.1) is 5.92 Å². The van der Waals surface area contributed by atoms with Gasteiger partial charge in [-0.2, -0.15) is 0 Å². The predicted octanol–water partition coefficient (Wildman–Crippen LogP) is 4.50. The van der Waals surface area contributed by atoms with Crippen molar-refractivity contribution in [3.8, 4) is 0 Å². The second-order valence-electron chi connectivity index (χ2n) is 5.52. The third kappa shape index (κ3) is 5.65. The van der Waals surface area contributed by atoms with Crippen LogP contribution in [-0.4, -0.2) is 6.54 Å². The lowest BCUT2D eigenvalue weighted by Gasteiger charge is -2.08. The molecular weight excluding hydrogens is 330 g/mol. The van der Waals surface area contributed by atoms with Crippen molar-refractivity contribution < 1.29 is 9.15 Å². The van der Waals surface area contributed by atoms with Gasteiger partial charge in [0.15, 0.2) is 0 Å². The van der Waals surface area contributed by atoms with Gasteiger partial charge in [0.25, 0.3) is 0 Å². The molecule has 0 aliphatic rings. The maximum absolute atomic E-state index is 5.74. The van der Waals surface area contributed by atoms with Crippen molar-refractivity contribution in [3.63, 3.8) is 0 Å². The highest BCUT2D eigenvalue weighted by Crippen LogP contribution is 2.15. The number of hydrogen-bond acceptors (Lipinski definition) is 3. The number of furan rings is 1. The Hall–Kier alpha value is -1.10. The first kappa shape index (κ1) is 16.3. The minimum Gasteiger partial charge on any atom is -0.467 e. The standard InChI is InChI=1S/C17H22BrNO2/c1-13(2)9-19-10-15-6-7-21-17(15)12-20-11-14-4-3-5-16(18)8-14/h3-8,13,19H,9-12H2,1-2H3.